The van der Waals surface area contributed by atoms with Gasteiger partial charge in [0.05, 0.1) is 6.04 Å². The Morgan fingerprint density at radius 1 is 1.47 bits per heavy atom. The Morgan fingerprint density at radius 2 is 2.12 bits per heavy atom. The summed E-state index contributed by atoms with van der Waals surface area (Å²) in [6.45, 7) is 1.73. The molecular formula is C11H12KN2O2S. The summed E-state index contributed by atoms with van der Waals surface area (Å²) in [5.74, 6) is 0. The molecule has 3 N–H and O–H groups in total. The first-order valence-corrected chi connectivity index (χ1v) is 5.67. The van der Waals surface area contributed by atoms with Crippen LogP contribution in [0.3, 0.4) is 0 Å². The van der Waals surface area contributed by atoms with Crippen LogP contribution in [0.5, 0.6) is 0 Å². The van der Waals surface area contributed by atoms with E-state index >= 15 is 0 Å². The molecule has 17 heavy (non-hydrogen) atoms. The molecule has 0 spiro atoms. The van der Waals surface area contributed by atoms with Gasteiger partial charge in [-0.3, -0.25) is 5.21 Å². The molecule has 2 rings (SSSR count). The molecule has 0 bridgehead atoms. The summed E-state index contributed by atoms with van der Waals surface area (Å²) in [4.78, 5) is 11.7. The van der Waals surface area contributed by atoms with Crippen LogP contribution in [-0.2, 0) is 0 Å². The van der Waals surface area contributed by atoms with Gasteiger partial charge in [0.25, 0.3) is 0 Å². The van der Waals surface area contributed by atoms with Crippen molar-refractivity contribution in [2.75, 3.05) is 0 Å². The third-order valence-electron chi connectivity index (χ3n) is 2.45. The normalized spacial score (nSPS) is 11.9. The number of carbonyl (C=O) groups is 1. The second kappa shape index (κ2) is 6.28. The maximum atomic E-state index is 10.8. The molecule has 85 valence electrons. The molecule has 0 fully saturated rings. The average Bonchev–Trinajstić information content (AvgIpc) is 2.70. The van der Waals surface area contributed by atoms with E-state index in [1.165, 1.54) is 0 Å². The van der Waals surface area contributed by atoms with E-state index in [4.69, 9.17) is 5.73 Å². The minimum Gasteiger partial charge on any atom is -0.350 e. The van der Waals surface area contributed by atoms with Gasteiger partial charge in [0, 0.05) is 61.0 Å². The average molecular weight is 275 g/mol. The number of primary amides is 1. The minimum absolute atomic E-state index is 0. The molecule has 0 aliphatic rings. The Hall–Kier alpha value is 0.0464. The number of hydrogen-bond acceptors (Lipinski definition) is 3. The second-order valence-electron chi connectivity index (χ2n) is 3.55. The fourth-order valence-electron chi connectivity index (χ4n) is 1.52. The summed E-state index contributed by atoms with van der Waals surface area (Å²) >= 11 is 1.54. The van der Waals surface area contributed by atoms with Crippen LogP contribution < -0.4 is 5.73 Å². The summed E-state index contributed by atoms with van der Waals surface area (Å²) in [5, 5.41) is 11.1. The van der Waals surface area contributed by atoms with E-state index in [0.29, 0.717) is 5.06 Å². The van der Waals surface area contributed by atoms with Crippen LogP contribution in [0.4, 0.5) is 4.79 Å². The number of amides is 2. The number of benzene rings is 1. The van der Waals surface area contributed by atoms with Crippen molar-refractivity contribution in [1.82, 2.24) is 5.06 Å². The molecule has 1 radical (unpaired) electrons. The number of hydroxylamine groups is 2. The van der Waals surface area contributed by atoms with Gasteiger partial charge in [-0.15, -0.1) is 11.3 Å². The molecule has 1 unspecified atom stereocenters. The van der Waals surface area contributed by atoms with E-state index in [1.807, 2.05) is 30.3 Å². The minimum atomic E-state index is -0.843. The SMILES string of the molecule is CC(c1cc2ccccc2s1)N(O)C(N)=O.[K]. The molecule has 0 aliphatic carbocycles. The van der Waals surface area contributed by atoms with Crippen molar-refractivity contribution < 1.29 is 10.0 Å². The van der Waals surface area contributed by atoms with Gasteiger partial charge in [0.15, 0.2) is 0 Å². The second-order valence-corrected chi connectivity index (χ2v) is 4.66. The van der Waals surface area contributed by atoms with Gasteiger partial charge in [-0.2, -0.15) is 5.06 Å². The predicted octanol–water partition coefficient (Wildman–Crippen LogP) is 2.35. The van der Waals surface area contributed by atoms with Gasteiger partial charge < -0.3 is 5.73 Å². The predicted molar refractivity (Wildman–Crippen MR) is 69.2 cm³/mol. The molecule has 1 heterocycles. The maximum absolute atomic E-state index is 10.8. The Morgan fingerprint density at radius 3 is 2.71 bits per heavy atom. The summed E-state index contributed by atoms with van der Waals surface area (Å²) in [6.07, 6.45) is 0. The Balaban J connectivity index is 0.00000144. The molecule has 6 heteroatoms. The fourth-order valence-corrected chi connectivity index (χ4v) is 2.62. The van der Waals surface area contributed by atoms with E-state index in [0.717, 1.165) is 15.0 Å². The van der Waals surface area contributed by atoms with Gasteiger partial charge in [-0.05, 0) is 24.4 Å². The zero-order valence-corrected chi connectivity index (χ0v) is 13.7. The largest absolute Gasteiger partial charge is 0.350 e. The first-order valence-electron chi connectivity index (χ1n) is 4.85. The Labute approximate surface area is 146 Å². The van der Waals surface area contributed by atoms with Gasteiger partial charge in [0.1, 0.15) is 0 Å². The quantitative estimate of drug-likeness (QED) is 0.502. The fraction of sp³-hybridized carbons (Fsp3) is 0.182. The molecule has 2 amide bonds. The molecule has 0 aliphatic heterocycles. The van der Waals surface area contributed by atoms with Crippen LogP contribution in [0.25, 0.3) is 10.1 Å². The zero-order chi connectivity index (χ0) is 11.7. The topological polar surface area (TPSA) is 66.6 Å². The Bertz CT molecular complexity index is 496. The third-order valence-corrected chi connectivity index (χ3v) is 3.74. The smallest absolute Gasteiger partial charge is 0.339 e. The molecule has 4 nitrogen and oxygen atoms in total. The summed E-state index contributed by atoms with van der Waals surface area (Å²) < 4.78 is 1.13. The van der Waals surface area contributed by atoms with Crippen molar-refractivity contribution in [3.05, 3.63) is 35.2 Å². The van der Waals surface area contributed by atoms with Crippen molar-refractivity contribution >= 4 is 78.8 Å². The Kier molecular flexibility index (Phi) is 5.58. The van der Waals surface area contributed by atoms with Gasteiger partial charge in [-0.25, -0.2) is 4.79 Å². The monoisotopic (exact) mass is 275 g/mol. The van der Waals surface area contributed by atoms with Crippen LogP contribution in [-0.4, -0.2) is 67.7 Å². The number of hydrogen-bond donors (Lipinski definition) is 2. The summed E-state index contributed by atoms with van der Waals surface area (Å²) in [7, 11) is 0. The number of rotatable bonds is 2. The number of nitrogens with two attached hydrogens (primary N) is 1. The molecule has 0 saturated carbocycles. The van der Waals surface area contributed by atoms with Crippen molar-refractivity contribution in [2.24, 2.45) is 5.73 Å². The van der Waals surface area contributed by atoms with Crippen LogP contribution in [0.15, 0.2) is 30.3 Å². The number of nitrogens with zero attached hydrogens (tertiary/aromatic N) is 1. The number of thiophene rings is 1. The van der Waals surface area contributed by atoms with Crippen molar-refractivity contribution in [2.45, 2.75) is 13.0 Å². The van der Waals surface area contributed by atoms with Gasteiger partial charge in [-0.1, -0.05) is 18.2 Å². The van der Waals surface area contributed by atoms with Crippen LogP contribution in [0.1, 0.15) is 17.8 Å². The number of carbonyl (C=O) groups excluding carboxylic acids is 1. The van der Waals surface area contributed by atoms with Crippen molar-refractivity contribution in [1.29, 1.82) is 0 Å². The molecule has 0 saturated heterocycles. The van der Waals surface area contributed by atoms with Gasteiger partial charge in [0.2, 0.25) is 0 Å². The van der Waals surface area contributed by atoms with E-state index in [-0.39, 0.29) is 51.4 Å². The first-order chi connectivity index (χ1) is 7.59. The number of urea groups is 1. The van der Waals surface area contributed by atoms with E-state index < -0.39 is 12.1 Å². The number of fused-ring (bicyclic) bond motifs is 1. The standard InChI is InChI=1S/C11H12N2O2S.K/c1-7(13(15)11(12)14)10-6-8-4-2-3-5-9(8)16-10;/h2-7,15H,1H3,(H2,12,14);. The van der Waals surface area contributed by atoms with Crippen molar-refractivity contribution in [3.63, 3.8) is 0 Å². The third kappa shape index (κ3) is 3.28. The maximum Gasteiger partial charge on any atom is 0.339 e. The molecule has 1 aromatic heterocycles. The van der Waals surface area contributed by atoms with E-state index in [9.17, 15) is 10.0 Å². The van der Waals surface area contributed by atoms with Gasteiger partial charge >= 0.3 is 6.03 Å². The van der Waals surface area contributed by atoms with Crippen LogP contribution >= 0.6 is 11.3 Å². The molecule has 1 aromatic carbocycles. The van der Waals surface area contributed by atoms with E-state index in [2.05, 4.69) is 0 Å². The van der Waals surface area contributed by atoms with E-state index in [1.54, 1.807) is 18.3 Å². The van der Waals surface area contributed by atoms with Crippen LogP contribution in [0, 0.1) is 0 Å². The first kappa shape index (κ1) is 15.1. The zero-order valence-electron chi connectivity index (χ0n) is 9.75. The molecule has 2 aromatic rings. The molecular weight excluding hydrogens is 263 g/mol. The van der Waals surface area contributed by atoms with Crippen molar-refractivity contribution in [3.8, 4) is 0 Å². The molecule has 1 atom stereocenters. The summed E-state index contributed by atoms with van der Waals surface area (Å²) in [5.41, 5.74) is 5.01. The van der Waals surface area contributed by atoms with Crippen LogP contribution in [0.2, 0.25) is 0 Å². The summed E-state index contributed by atoms with van der Waals surface area (Å²) in [6, 6.07) is 8.60.